The largest absolute Gasteiger partial charge is 0.497 e. The van der Waals surface area contributed by atoms with Crippen molar-refractivity contribution in [2.45, 2.75) is 71.4 Å². The number of rotatable bonds is 24. The lowest BCUT2D eigenvalue weighted by Gasteiger charge is -2.32. The highest BCUT2D eigenvalue weighted by Gasteiger charge is 2.34. The molecule has 0 aliphatic heterocycles. The molecular formula is C39H46N4O15. The fraction of sp³-hybridized carbons (Fsp3) is 0.385. The molecule has 19 heteroatoms. The Balaban J connectivity index is 1.73. The molecule has 3 aromatic rings. The number of hydrogen-bond acceptors (Lipinski definition) is 12. The monoisotopic (exact) mass is 810 g/mol. The van der Waals surface area contributed by atoms with E-state index in [1.165, 1.54) is 43.5 Å². The number of carboxylic acids is 3. The zero-order valence-electron chi connectivity index (χ0n) is 32.3. The van der Waals surface area contributed by atoms with Crippen molar-refractivity contribution in [3.05, 3.63) is 71.0 Å². The highest BCUT2D eigenvalue weighted by molar-refractivity contribution is 6.00. The second-order valence-corrected chi connectivity index (χ2v) is 12.8. The molecule has 0 bridgehead atoms. The minimum Gasteiger partial charge on any atom is -0.497 e. The van der Waals surface area contributed by atoms with Crippen LogP contribution in [0.2, 0.25) is 0 Å². The molecule has 0 aliphatic carbocycles. The van der Waals surface area contributed by atoms with E-state index in [0.29, 0.717) is 30.6 Å². The summed E-state index contributed by atoms with van der Waals surface area (Å²) in [6.07, 6.45) is 2.30. The molecule has 19 nitrogen and oxygen atoms in total. The Morgan fingerprint density at radius 1 is 0.879 bits per heavy atom. The summed E-state index contributed by atoms with van der Waals surface area (Å²) in [6.45, 7) is 4.18. The summed E-state index contributed by atoms with van der Waals surface area (Å²) < 4.78 is 16.1. The van der Waals surface area contributed by atoms with Gasteiger partial charge in [0.2, 0.25) is 12.3 Å². The van der Waals surface area contributed by atoms with E-state index < -0.39 is 72.6 Å². The maximum atomic E-state index is 13.6. The van der Waals surface area contributed by atoms with Gasteiger partial charge in [-0.1, -0.05) is 39.2 Å². The minimum absolute atomic E-state index is 0.0747. The molecule has 6 N–H and O–H groups in total. The lowest BCUT2D eigenvalue weighted by atomic mass is 9.90. The molecular weight excluding hydrogens is 764 g/mol. The van der Waals surface area contributed by atoms with Gasteiger partial charge in [0.25, 0.3) is 11.8 Å². The summed E-state index contributed by atoms with van der Waals surface area (Å²) in [5.41, 5.74) is 0.672. The van der Waals surface area contributed by atoms with Crippen LogP contribution in [0.5, 0.6) is 11.5 Å². The molecule has 4 amide bonds. The molecule has 0 radical (unpaired) electrons. The molecule has 0 spiro atoms. The zero-order valence-corrected chi connectivity index (χ0v) is 32.3. The fourth-order valence-corrected chi connectivity index (χ4v) is 5.84. The van der Waals surface area contributed by atoms with Crippen molar-refractivity contribution < 1.29 is 72.4 Å². The highest BCUT2D eigenvalue weighted by Crippen LogP contribution is 2.30. The molecule has 0 aliphatic rings. The Morgan fingerprint density at radius 3 is 2.21 bits per heavy atom. The van der Waals surface area contributed by atoms with Crippen molar-refractivity contribution in [1.82, 2.24) is 21.0 Å². The topological polar surface area (TPSA) is 277 Å². The summed E-state index contributed by atoms with van der Waals surface area (Å²) in [7, 11) is 1.49. The quantitative estimate of drug-likeness (QED) is 0.0327. The predicted molar refractivity (Wildman–Crippen MR) is 202 cm³/mol. The maximum Gasteiger partial charge on any atom is 0.363 e. The van der Waals surface area contributed by atoms with Gasteiger partial charge in [-0.05, 0) is 67.8 Å². The molecule has 58 heavy (non-hydrogen) atoms. The van der Waals surface area contributed by atoms with Crippen LogP contribution in [0.3, 0.4) is 0 Å². The van der Waals surface area contributed by atoms with E-state index in [1.54, 1.807) is 26.0 Å². The summed E-state index contributed by atoms with van der Waals surface area (Å²) in [6, 6.07) is 8.54. The highest BCUT2D eigenvalue weighted by atomic mass is 16.7. The molecule has 0 saturated heterocycles. The van der Waals surface area contributed by atoms with Gasteiger partial charge in [-0.3, -0.25) is 24.0 Å². The standard InChI is InChI=1S/C39H46N4O15/c1-5-7-8-9-26(29(6-2)43(21-44)58-39(54)25-13-11-24(55-4)16-22(25)3)35(49)40-20-41-37(51)31-15-14-30(57-31)23-10-12-27(32(17-23)56-19-34(47)48)36(50)42-28(38(52)53)18-33(45)46/h10-17,21,26,28-29H,5-9,18-20H2,1-4H3,(H,40,49)(H,41,51)(H,42,50)(H,45,46)(H,47,48)(H,52,53). The normalized spacial score (nSPS) is 12.2. The molecule has 1 aromatic heterocycles. The number of carbonyl (C=O) groups excluding carboxylic acids is 5. The number of nitrogens with one attached hydrogen (secondary N) is 3. The summed E-state index contributed by atoms with van der Waals surface area (Å²) in [4.78, 5) is 104. The van der Waals surface area contributed by atoms with Gasteiger partial charge in [0.15, 0.2) is 12.4 Å². The van der Waals surface area contributed by atoms with Crippen LogP contribution in [-0.2, 0) is 28.8 Å². The first kappa shape index (κ1) is 45.5. The Bertz CT molecular complexity index is 1980. The number of hydroxylamine groups is 2. The first-order chi connectivity index (χ1) is 27.6. The number of amides is 4. The van der Waals surface area contributed by atoms with Crippen molar-refractivity contribution in [3.8, 4) is 22.8 Å². The van der Waals surface area contributed by atoms with Gasteiger partial charge in [0.05, 0.1) is 43.3 Å². The molecule has 312 valence electrons. The van der Waals surface area contributed by atoms with Gasteiger partial charge >= 0.3 is 23.9 Å². The van der Waals surface area contributed by atoms with E-state index in [1.807, 2.05) is 6.92 Å². The third kappa shape index (κ3) is 12.8. The van der Waals surface area contributed by atoms with E-state index in [9.17, 15) is 43.5 Å². The van der Waals surface area contributed by atoms with Crippen LogP contribution >= 0.6 is 0 Å². The lowest BCUT2D eigenvalue weighted by Crippen LogP contribution is -2.49. The molecule has 0 saturated carbocycles. The number of unbranched alkanes of at least 4 members (excludes halogenated alkanes) is 2. The summed E-state index contributed by atoms with van der Waals surface area (Å²) in [5, 5.41) is 35.5. The van der Waals surface area contributed by atoms with Crippen molar-refractivity contribution >= 4 is 48.0 Å². The Hall–Kier alpha value is -6.92. The first-order valence-electron chi connectivity index (χ1n) is 18.1. The Labute approximate surface area is 332 Å². The number of hydrogen-bond donors (Lipinski definition) is 6. The van der Waals surface area contributed by atoms with Crippen LogP contribution in [-0.4, -0.2) is 101 Å². The number of aryl methyl sites for hydroxylation is 1. The number of carboxylic acid groups (broad SMARTS) is 3. The van der Waals surface area contributed by atoms with E-state index in [2.05, 4.69) is 16.0 Å². The molecule has 3 atom stereocenters. The average molecular weight is 811 g/mol. The van der Waals surface area contributed by atoms with Gasteiger partial charge < -0.3 is 50.0 Å². The average Bonchev–Trinajstić information content (AvgIpc) is 3.69. The number of carbonyl (C=O) groups is 8. The number of ether oxygens (including phenoxy) is 2. The first-order valence-corrected chi connectivity index (χ1v) is 18.1. The SMILES string of the molecule is CCCCCC(C(=O)NCNC(=O)c1ccc(-c2ccc(C(=O)NC(CC(=O)O)C(=O)O)c(OCC(=O)O)c2)o1)C(CC)N(C=O)OC(=O)c1ccc(OC)cc1C. The third-order valence-electron chi connectivity index (χ3n) is 8.80. The minimum atomic E-state index is -1.79. The smallest absolute Gasteiger partial charge is 0.363 e. The molecule has 2 aromatic carbocycles. The molecule has 1 heterocycles. The molecule has 3 rings (SSSR count). The predicted octanol–water partition coefficient (Wildman–Crippen LogP) is 3.39. The number of aliphatic carboxylic acids is 3. The number of benzene rings is 2. The molecule has 3 unspecified atom stereocenters. The van der Waals surface area contributed by atoms with Gasteiger partial charge in [0.1, 0.15) is 23.3 Å². The van der Waals surface area contributed by atoms with Crippen LogP contribution in [0.25, 0.3) is 11.3 Å². The second kappa shape index (κ2) is 22.0. The lowest BCUT2D eigenvalue weighted by molar-refractivity contribution is -0.171. The summed E-state index contributed by atoms with van der Waals surface area (Å²) >= 11 is 0. The van der Waals surface area contributed by atoms with E-state index in [-0.39, 0.29) is 47.0 Å². The van der Waals surface area contributed by atoms with Crippen LogP contribution in [0.15, 0.2) is 52.9 Å². The Kier molecular flexibility index (Phi) is 17.2. The maximum absolute atomic E-state index is 13.6. The van der Waals surface area contributed by atoms with Gasteiger partial charge in [-0.2, -0.15) is 5.06 Å². The van der Waals surface area contributed by atoms with Gasteiger partial charge in [0, 0.05) is 5.56 Å². The third-order valence-corrected chi connectivity index (χ3v) is 8.80. The van der Waals surface area contributed by atoms with E-state index >= 15 is 0 Å². The van der Waals surface area contributed by atoms with Crippen molar-refractivity contribution in [2.24, 2.45) is 5.92 Å². The molecule has 0 fully saturated rings. The number of methoxy groups -OCH3 is 1. The van der Waals surface area contributed by atoms with Crippen LogP contribution in [0, 0.1) is 12.8 Å². The second-order valence-electron chi connectivity index (χ2n) is 12.8. The number of furan rings is 1. The summed E-state index contributed by atoms with van der Waals surface area (Å²) in [5.74, 6) is -8.31. The number of nitrogens with zero attached hydrogens (tertiary/aromatic N) is 1. The van der Waals surface area contributed by atoms with Crippen molar-refractivity contribution in [2.75, 3.05) is 20.4 Å². The van der Waals surface area contributed by atoms with Crippen molar-refractivity contribution in [1.29, 1.82) is 0 Å². The van der Waals surface area contributed by atoms with Crippen LogP contribution < -0.4 is 25.4 Å². The van der Waals surface area contributed by atoms with Gasteiger partial charge in [-0.15, -0.1) is 0 Å². The van der Waals surface area contributed by atoms with Crippen LogP contribution in [0.4, 0.5) is 0 Å². The van der Waals surface area contributed by atoms with E-state index in [4.69, 9.17) is 28.9 Å². The van der Waals surface area contributed by atoms with Crippen LogP contribution in [0.1, 0.15) is 89.2 Å². The van der Waals surface area contributed by atoms with Crippen molar-refractivity contribution in [3.63, 3.8) is 0 Å². The fourth-order valence-electron chi connectivity index (χ4n) is 5.84. The zero-order chi connectivity index (χ0) is 42.9. The van der Waals surface area contributed by atoms with E-state index in [0.717, 1.165) is 17.9 Å². The Morgan fingerprint density at radius 2 is 1.60 bits per heavy atom. The van der Waals surface area contributed by atoms with Gasteiger partial charge in [-0.25, -0.2) is 14.4 Å².